The van der Waals surface area contributed by atoms with E-state index in [0.29, 0.717) is 10.3 Å². The number of hydrogen-bond acceptors (Lipinski definition) is 2. The molecular weight excluding hydrogens is 220 g/mol. The van der Waals surface area contributed by atoms with Gasteiger partial charge in [-0.05, 0) is 13.8 Å². The van der Waals surface area contributed by atoms with Crippen LogP contribution in [0.4, 0.5) is 0 Å². The van der Waals surface area contributed by atoms with E-state index in [-0.39, 0.29) is 5.75 Å². The van der Waals surface area contributed by atoms with Crippen LogP contribution in [0.2, 0.25) is 0 Å². The van der Waals surface area contributed by atoms with E-state index in [1.165, 1.54) is 0 Å². The summed E-state index contributed by atoms with van der Waals surface area (Å²) in [6, 6.07) is 5.83. The SMILES string of the molecule is Cc1cc(C)cc(C[S+]=S(=O)([O-])O)c1. The zero-order valence-corrected chi connectivity index (χ0v) is 9.65. The average molecular weight is 232 g/mol. The molecule has 0 aliphatic heterocycles. The molecule has 0 bridgehead atoms. The van der Waals surface area contributed by atoms with Gasteiger partial charge in [-0.1, -0.05) is 29.3 Å². The van der Waals surface area contributed by atoms with Gasteiger partial charge in [-0.25, -0.2) is 0 Å². The fraction of sp³-hybridized carbons (Fsp3) is 0.333. The summed E-state index contributed by atoms with van der Waals surface area (Å²) < 4.78 is 29.5. The summed E-state index contributed by atoms with van der Waals surface area (Å²) in [4.78, 5) is 0. The van der Waals surface area contributed by atoms with Crippen LogP contribution in [0.1, 0.15) is 16.7 Å². The molecule has 0 radical (unpaired) electrons. The Morgan fingerprint density at radius 1 is 1.36 bits per heavy atom. The van der Waals surface area contributed by atoms with E-state index < -0.39 is 9.05 Å². The summed E-state index contributed by atoms with van der Waals surface area (Å²) >= 11 is 0. The third kappa shape index (κ3) is 4.15. The third-order valence-corrected chi connectivity index (χ3v) is 3.65. The van der Waals surface area contributed by atoms with Gasteiger partial charge in [0.05, 0.1) is 0 Å². The van der Waals surface area contributed by atoms with Gasteiger partial charge >= 0.3 is 0 Å². The van der Waals surface area contributed by atoms with Crippen LogP contribution in [-0.4, -0.2) is 13.3 Å². The molecule has 0 aromatic heterocycles. The molecule has 14 heavy (non-hydrogen) atoms. The molecule has 0 aliphatic carbocycles. The van der Waals surface area contributed by atoms with Crippen LogP contribution in [-0.2, 0) is 25.1 Å². The minimum absolute atomic E-state index is 0.279. The van der Waals surface area contributed by atoms with E-state index in [1.54, 1.807) is 0 Å². The normalized spacial score (nSPS) is 14.9. The number of hydrogen-bond donors (Lipinski definition) is 1. The molecule has 1 N–H and O–H groups in total. The molecule has 0 spiro atoms. The van der Waals surface area contributed by atoms with Crippen LogP contribution in [0.25, 0.3) is 0 Å². The van der Waals surface area contributed by atoms with Crippen molar-refractivity contribution >= 4 is 19.4 Å². The Kier molecular flexibility index (Phi) is 3.60. The number of rotatable bonds is 2. The fourth-order valence-corrected chi connectivity index (χ4v) is 2.60. The van der Waals surface area contributed by atoms with Gasteiger partial charge in [0.2, 0.25) is 5.75 Å². The maximum absolute atomic E-state index is 10.5. The van der Waals surface area contributed by atoms with Gasteiger partial charge in [0.1, 0.15) is 0 Å². The van der Waals surface area contributed by atoms with Gasteiger partial charge in [-0.3, -0.25) is 4.55 Å². The summed E-state index contributed by atoms with van der Waals surface area (Å²) in [6.45, 7) is 3.91. The number of aryl methyl sites for hydroxylation is 2. The molecule has 0 aliphatic rings. The van der Waals surface area contributed by atoms with Crippen molar-refractivity contribution in [1.29, 1.82) is 0 Å². The van der Waals surface area contributed by atoms with Crippen molar-refractivity contribution < 1.29 is 13.3 Å². The van der Waals surface area contributed by atoms with Crippen molar-refractivity contribution in [2.24, 2.45) is 0 Å². The maximum atomic E-state index is 10.5. The Labute approximate surface area is 87.5 Å². The summed E-state index contributed by atoms with van der Waals surface area (Å²) in [6.07, 6.45) is 0. The molecule has 1 rings (SSSR count). The lowest BCUT2D eigenvalue weighted by atomic mass is 10.1. The smallest absolute Gasteiger partial charge is 0.257 e. The molecule has 0 saturated carbocycles. The predicted octanol–water partition coefficient (Wildman–Crippen LogP) is 1.69. The van der Waals surface area contributed by atoms with E-state index in [1.807, 2.05) is 32.0 Å². The monoisotopic (exact) mass is 232 g/mol. The largest absolute Gasteiger partial charge is 0.712 e. The van der Waals surface area contributed by atoms with Crippen LogP contribution in [0.15, 0.2) is 18.2 Å². The summed E-state index contributed by atoms with van der Waals surface area (Å²) in [5.74, 6) is 0.279. The zero-order valence-electron chi connectivity index (χ0n) is 8.02. The highest BCUT2D eigenvalue weighted by atomic mass is 32.9. The Hall–Kier alpha value is -0.490. The quantitative estimate of drug-likeness (QED) is 0.789. The summed E-state index contributed by atoms with van der Waals surface area (Å²) in [5, 5.41) is 0. The van der Waals surface area contributed by atoms with Crippen molar-refractivity contribution in [3.63, 3.8) is 0 Å². The maximum Gasteiger partial charge on any atom is 0.257 e. The first-order valence-corrected chi connectivity index (χ1v) is 7.00. The van der Waals surface area contributed by atoms with E-state index in [9.17, 15) is 8.76 Å². The van der Waals surface area contributed by atoms with E-state index >= 15 is 0 Å². The zero-order chi connectivity index (χ0) is 10.8. The van der Waals surface area contributed by atoms with Gasteiger partial charge in [0.25, 0.3) is 19.4 Å². The topological polar surface area (TPSA) is 60.4 Å². The highest BCUT2D eigenvalue weighted by molar-refractivity contribution is 8.33. The Morgan fingerprint density at radius 2 is 1.86 bits per heavy atom. The van der Waals surface area contributed by atoms with Crippen molar-refractivity contribution in [1.82, 2.24) is 0 Å². The molecular formula is C9H12O3S2. The van der Waals surface area contributed by atoms with Crippen LogP contribution in [0.5, 0.6) is 0 Å². The highest BCUT2D eigenvalue weighted by Gasteiger charge is 2.04. The van der Waals surface area contributed by atoms with Crippen LogP contribution in [0.3, 0.4) is 0 Å². The molecule has 1 unspecified atom stereocenters. The first-order valence-electron chi connectivity index (χ1n) is 4.06. The van der Waals surface area contributed by atoms with Crippen molar-refractivity contribution in [3.05, 3.63) is 34.9 Å². The lowest BCUT2D eigenvalue weighted by Crippen LogP contribution is -1.98. The van der Waals surface area contributed by atoms with Gasteiger partial charge in [-0.15, -0.1) is 0 Å². The second-order valence-corrected chi connectivity index (χ2v) is 6.54. The first kappa shape index (κ1) is 11.6. The van der Waals surface area contributed by atoms with Gasteiger partial charge in [0, 0.05) is 5.56 Å². The van der Waals surface area contributed by atoms with Gasteiger partial charge in [0.15, 0.2) is 0 Å². The Morgan fingerprint density at radius 3 is 2.29 bits per heavy atom. The average Bonchev–Trinajstić information content (AvgIpc) is 1.97. The highest BCUT2D eigenvalue weighted by Crippen LogP contribution is 2.09. The molecule has 5 heteroatoms. The standard InChI is InChI=1S/C9H12O3S2/c1-7-3-8(2)5-9(4-7)6-13-14(10,11)12/h3-5H,6H2,1-2H3,(H-,10,11,12). The Bertz CT molecular complexity index is 417. The van der Waals surface area contributed by atoms with Crippen LogP contribution >= 0.6 is 0 Å². The van der Waals surface area contributed by atoms with Crippen LogP contribution < -0.4 is 0 Å². The fourth-order valence-electron chi connectivity index (χ4n) is 1.29. The van der Waals surface area contributed by atoms with Crippen molar-refractivity contribution in [3.8, 4) is 0 Å². The van der Waals surface area contributed by atoms with E-state index in [0.717, 1.165) is 16.7 Å². The van der Waals surface area contributed by atoms with E-state index in [4.69, 9.17) is 4.55 Å². The molecule has 78 valence electrons. The van der Waals surface area contributed by atoms with Gasteiger partial charge < -0.3 is 4.55 Å². The molecule has 1 aromatic carbocycles. The molecule has 0 fully saturated rings. The molecule has 3 nitrogen and oxygen atoms in total. The third-order valence-electron chi connectivity index (χ3n) is 1.66. The van der Waals surface area contributed by atoms with Crippen molar-refractivity contribution in [2.45, 2.75) is 19.6 Å². The second kappa shape index (κ2) is 4.35. The molecule has 0 amide bonds. The summed E-state index contributed by atoms with van der Waals surface area (Å²) in [7, 11) is -3.40. The van der Waals surface area contributed by atoms with Crippen LogP contribution in [0, 0.1) is 13.8 Å². The minimum atomic E-state index is -3.93. The molecule has 0 saturated heterocycles. The number of benzene rings is 1. The first-order chi connectivity index (χ1) is 6.37. The summed E-state index contributed by atoms with van der Waals surface area (Å²) in [5.41, 5.74) is 3.09. The Balaban J connectivity index is 2.94. The van der Waals surface area contributed by atoms with E-state index in [2.05, 4.69) is 0 Å². The molecule has 1 atom stereocenters. The lowest BCUT2D eigenvalue weighted by molar-refractivity contribution is 0.432. The van der Waals surface area contributed by atoms with Gasteiger partial charge in [-0.2, -0.15) is 4.21 Å². The minimum Gasteiger partial charge on any atom is -0.712 e. The lowest BCUT2D eigenvalue weighted by Gasteiger charge is -1.98. The van der Waals surface area contributed by atoms with Crippen molar-refractivity contribution in [2.75, 3.05) is 0 Å². The molecule has 0 heterocycles. The molecule has 1 aromatic rings. The predicted molar refractivity (Wildman–Crippen MR) is 58.5 cm³/mol. The second-order valence-electron chi connectivity index (χ2n) is 3.19.